The van der Waals surface area contributed by atoms with Crippen molar-refractivity contribution in [3.8, 4) is 0 Å². The molecule has 1 saturated carbocycles. The maximum atomic E-state index is 12.5. The quantitative estimate of drug-likeness (QED) is 0.851. The van der Waals surface area contributed by atoms with Crippen molar-refractivity contribution >= 4 is 5.91 Å². The first-order valence-electron chi connectivity index (χ1n) is 7.25. The van der Waals surface area contributed by atoms with Gasteiger partial charge in [0.15, 0.2) is 0 Å². The Hall–Kier alpha value is -1.36. The third-order valence-electron chi connectivity index (χ3n) is 4.58. The molecule has 1 aromatic rings. The second-order valence-electron chi connectivity index (χ2n) is 5.71. The molecule has 0 aromatic carbocycles. The summed E-state index contributed by atoms with van der Waals surface area (Å²) >= 11 is 0. The number of amides is 1. The predicted molar refractivity (Wildman–Crippen MR) is 70.6 cm³/mol. The molecule has 19 heavy (non-hydrogen) atoms. The lowest BCUT2D eigenvalue weighted by Gasteiger charge is -2.40. The fourth-order valence-corrected chi connectivity index (χ4v) is 3.61. The molecule has 0 radical (unpaired) electrons. The van der Waals surface area contributed by atoms with Gasteiger partial charge in [-0.2, -0.15) is 5.10 Å². The van der Waals surface area contributed by atoms with E-state index >= 15 is 0 Å². The highest BCUT2D eigenvalue weighted by atomic mass is 16.3. The molecule has 3 unspecified atom stereocenters. The summed E-state index contributed by atoms with van der Waals surface area (Å²) in [5.74, 6) is 0.314. The molecule has 5 heteroatoms. The van der Waals surface area contributed by atoms with Gasteiger partial charge in [0.1, 0.15) is 0 Å². The molecule has 2 N–H and O–H groups in total. The number of nitrogens with one attached hydrogen (secondary N) is 1. The molecule has 104 valence electrons. The average molecular weight is 263 g/mol. The van der Waals surface area contributed by atoms with Crippen molar-refractivity contribution in [2.75, 3.05) is 6.54 Å². The maximum absolute atomic E-state index is 12.5. The van der Waals surface area contributed by atoms with Gasteiger partial charge in [0.05, 0.1) is 17.9 Å². The van der Waals surface area contributed by atoms with Gasteiger partial charge < -0.3 is 10.0 Å². The normalized spacial score (nSPS) is 31.6. The molecule has 1 amide bonds. The summed E-state index contributed by atoms with van der Waals surface area (Å²) in [6, 6.07) is 0.202. The number of aliphatic hydroxyl groups is 1. The van der Waals surface area contributed by atoms with E-state index in [-0.39, 0.29) is 24.0 Å². The smallest absolute Gasteiger partial charge is 0.257 e. The van der Waals surface area contributed by atoms with Gasteiger partial charge in [-0.15, -0.1) is 0 Å². The molecule has 3 atom stereocenters. The number of hydrogen-bond donors (Lipinski definition) is 2. The molecule has 1 saturated heterocycles. The van der Waals surface area contributed by atoms with Crippen LogP contribution in [-0.2, 0) is 0 Å². The third-order valence-corrected chi connectivity index (χ3v) is 4.58. The monoisotopic (exact) mass is 263 g/mol. The fraction of sp³-hybridized carbons (Fsp3) is 0.714. The maximum Gasteiger partial charge on any atom is 0.257 e. The van der Waals surface area contributed by atoms with Gasteiger partial charge in [-0.25, -0.2) is 0 Å². The van der Waals surface area contributed by atoms with Crippen LogP contribution >= 0.6 is 0 Å². The SMILES string of the molecule is O=C(c1cn[nH]c1)N1CCCCC1C1CCCC1O. The van der Waals surface area contributed by atoms with Gasteiger partial charge in [0, 0.05) is 24.7 Å². The van der Waals surface area contributed by atoms with Crippen LogP contribution in [0.15, 0.2) is 12.4 Å². The van der Waals surface area contributed by atoms with Crippen LogP contribution < -0.4 is 0 Å². The van der Waals surface area contributed by atoms with E-state index in [9.17, 15) is 9.90 Å². The zero-order chi connectivity index (χ0) is 13.2. The highest BCUT2D eigenvalue weighted by molar-refractivity contribution is 5.94. The minimum atomic E-state index is -0.234. The van der Waals surface area contributed by atoms with E-state index in [1.165, 1.54) is 0 Å². The number of carbonyl (C=O) groups is 1. The summed E-state index contributed by atoms with van der Waals surface area (Å²) in [7, 11) is 0. The van der Waals surface area contributed by atoms with E-state index in [0.717, 1.165) is 45.1 Å². The fourth-order valence-electron chi connectivity index (χ4n) is 3.61. The summed E-state index contributed by atoms with van der Waals surface area (Å²) in [5, 5.41) is 16.7. The summed E-state index contributed by atoms with van der Waals surface area (Å²) < 4.78 is 0. The van der Waals surface area contributed by atoms with Gasteiger partial charge in [-0.1, -0.05) is 6.42 Å². The third kappa shape index (κ3) is 2.39. The highest BCUT2D eigenvalue weighted by Gasteiger charge is 2.39. The molecule has 2 fully saturated rings. The summed E-state index contributed by atoms with van der Waals surface area (Å²) in [4.78, 5) is 14.5. The van der Waals surface area contributed by atoms with Crippen LogP contribution in [0.3, 0.4) is 0 Å². The van der Waals surface area contributed by atoms with Gasteiger partial charge in [0.25, 0.3) is 5.91 Å². The number of aromatic nitrogens is 2. The zero-order valence-electron chi connectivity index (χ0n) is 11.1. The molecular formula is C14H21N3O2. The van der Waals surface area contributed by atoms with Gasteiger partial charge >= 0.3 is 0 Å². The predicted octanol–water partition coefficient (Wildman–Crippen LogP) is 1.57. The first kappa shape index (κ1) is 12.7. The van der Waals surface area contributed by atoms with Crippen LogP contribution in [0.2, 0.25) is 0 Å². The van der Waals surface area contributed by atoms with E-state index in [1.54, 1.807) is 12.4 Å². The Kier molecular flexibility index (Phi) is 3.55. The van der Waals surface area contributed by atoms with Crippen molar-refractivity contribution in [3.05, 3.63) is 18.0 Å². The van der Waals surface area contributed by atoms with Crippen molar-refractivity contribution < 1.29 is 9.90 Å². The lowest BCUT2D eigenvalue weighted by atomic mass is 9.87. The van der Waals surface area contributed by atoms with Crippen LogP contribution in [0.25, 0.3) is 0 Å². The highest BCUT2D eigenvalue weighted by Crippen LogP contribution is 2.35. The van der Waals surface area contributed by atoms with Gasteiger partial charge in [-0.05, 0) is 32.1 Å². The number of carbonyl (C=O) groups excluding carboxylic acids is 1. The minimum Gasteiger partial charge on any atom is -0.393 e. The molecule has 1 aliphatic carbocycles. The number of nitrogens with zero attached hydrogens (tertiary/aromatic N) is 2. The number of likely N-dealkylation sites (tertiary alicyclic amines) is 1. The number of piperidine rings is 1. The number of aromatic amines is 1. The van der Waals surface area contributed by atoms with E-state index < -0.39 is 0 Å². The second kappa shape index (κ2) is 5.33. The van der Waals surface area contributed by atoms with Crippen LogP contribution in [0.5, 0.6) is 0 Å². The molecule has 1 aromatic heterocycles. The number of rotatable bonds is 2. The molecule has 1 aliphatic heterocycles. The molecule has 3 rings (SSSR count). The number of aliphatic hydroxyl groups excluding tert-OH is 1. The molecule has 2 aliphatic rings. The Labute approximate surface area is 113 Å². The van der Waals surface area contributed by atoms with Gasteiger partial charge in [0.2, 0.25) is 0 Å². The largest absolute Gasteiger partial charge is 0.393 e. The van der Waals surface area contributed by atoms with E-state index in [4.69, 9.17) is 0 Å². The first-order valence-corrected chi connectivity index (χ1v) is 7.25. The van der Waals surface area contributed by atoms with Crippen LogP contribution in [0.4, 0.5) is 0 Å². The Morgan fingerprint density at radius 3 is 2.89 bits per heavy atom. The van der Waals surface area contributed by atoms with Crippen molar-refractivity contribution in [2.24, 2.45) is 5.92 Å². The zero-order valence-corrected chi connectivity index (χ0v) is 11.1. The molecule has 5 nitrogen and oxygen atoms in total. The first-order chi connectivity index (χ1) is 9.27. The van der Waals surface area contributed by atoms with E-state index in [2.05, 4.69) is 10.2 Å². The van der Waals surface area contributed by atoms with Crippen LogP contribution in [0.1, 0.15) is 48.9 Å². The summed E-state index contributed by atoms with van der Waals surface area (Å²) in [5.41, 5.74) is 0.624. The Bertz CT molecular complexity index is 432. The van der Waals surface area contributed by atoms with E-state index in [1.807, 2.05) is 4.90 Å². The Balaban J connectivity index is 1.79. The Morgan fingerprint density at radius 1 is 1.32 bits per heavy atom. The van der Waals surface area contributed by atoms with Crippen LogP contribution in [0, 0.1) is 5.92 Å². The number of hydrogen-bond acceptors (Lipinski definition) is 3. The topological polar surface area (TPSA) is 69.2 Å². The molecule has 0 bridgehead atoms. The average Bonchev–Trinajstić information content (AvgIpc) is 3.09. The van der Waals surface area contributed by atoms with E-state index in [0.29, 0.717) is 5.56 Å². The van der Waals surface area contributed by atoms with Crippen LogP contribution in [-0.4, -0.2) is 44.8 Å². The van der Waals surface area contributed by atoms with Crippen molar-refractivity contribution in [3.63, 3.8) is 0 Å². The number of H-pyrrole nitrogens is 1. The van der Waals surface area contributed by atoms with Crippen molar-refractivity contribution in [1.29, 1.82) is 0 Å². The molecule has 0 spiro atoms. The summed E-state index contributed by atoms with van der Waals surface area (Å²) in [6.45, 7) is 0.803. The minimum absolute atomic E-state index is 0.0533. The van der Waals surface area contributed by atoms with Crippen molar-refractivity contribution in [1.82, 2.24) is 15.1 Å². The van der Waals surface area contributed by atoms with Crippen molar-refractivity contribution in [2.45, 2.75) is 50.7 Å². The van der Waals surface area contributed by atoms with Gasteiger partial charge in [-0.3, -0.25) is 9.89 Å². The lowest BCUT2D eigenvalue weighted by Crippen LogP contribution is -2.49. The Morgan fingerprint density at radius 2 is 2.21 bits per heavy atom. The lowest BCUT2D eigenvalue weighted by molar-refractivity contribution is 0.0288. The second-order valence-corrected chi connectivity index (χ2v) is 5.71. The molecule has 2 heterocycles. The molecular weight excluding hydrogens is 242 g/mol. The standard InChI is InChI=1S/C14H21N3O2/c18-13-6-3-4-11(13)12-5-1-2-7-17(12)14(19)10-8-15-16-9-10/h8-9,11-13,18H,1-7H2,(H,15,16). The summed E-state index contributed by atoms with van der Waals surface area (Å²) in [6.07, 6.45) is 9.24.